The van der Waals surface area contributed by atoms with Crippen molar-refractivity contribution in [2.75, 3.05) is 5.75 Å². The first-order valence-corrected chi connectivity index (χ1v) is 7.35. The zero-order chi connectivity index (χ0) is 13.8. The first-order chi connectivity index (χ1) is 8.31. The van der Waals surface area contributed by atoms with Gasteiger partial charge >= 0.3 is 5.97 Å². The average Bonchev–Trinajstić information content (AvgIpc) is 2.71. The van der Waals surface area contributed by atoms with Gasteiger partial charge in [0.15, 0.2) is 9.84 Å². The van der Waals surface area contributed by atoms with Crippen molar-refractivity contribution in [2.24, 2.45) is 0 Å². The van der Waals surface area contributed by atoms with Crippen LogP contribution in [0.5, 0.6) is 0 Å². The fourth-order valence-corrected chi connectivity index (χ4v) is 2.17. The number of aliphatic carboxylic acids is 1. The van der Waals surface area contributed by atoms with Gasteiger partial charge in [-0.2, -0.15) is 0 Å². The molecule has 0 aliphatic heterocycles. The van der Waals surface area contributed by atoms with Crippen molar-refractivity contribution in [3.05, 3.63) is 11.9 Å². The summed E-state index contributed by atoms with van der Waals surface area (Å²) >= 11 is 0. The molecular formula is C10H17N3O4S. The van der Waals surface area contributed by atoms with Crippen LogP contribution in [0.25, 0.3) is 0 Å². The molecule has 102 valence electrons. The number of hydrogen-bond donors (Lipinski definition) is 1. The van der Waals surface area contributed by atoms with E-state index in [-0.39, 0.29) is 18.7 Å². The number of nitrogens with zero attached hydrogens (tertiary/aromatic N) is 3. The molecule has 0 radical (unpaired) electrons. The number of rotatable bonds is 7. The average molecular weight is 275 g/mol. The molecular weight excluding hydrogens is 258 g/mol. The van der Waals surface area contributed by atoms with Crippen molar-refractivity contribution in [3.63, 3.8) is 0 Å². The van der Waals surface area contributed by atoms with Gasteiger partial charge in [-0.25, -0.2) is 8.42 Å². The lowest BCUT2D eigenvalue weighted by molar-refractivity contribution is -0.136. The topological polar surface area (TPSA) is 102 Å². The van der Waals surface area contributed by atoms with Crippen molar-refractivity contribution in [3.8, 4) is 0 Å². The second-order valence-electron chi connectivity index (χ2n) is 4.28. The predicted molar refractivity (Wildman–Crippen MR) is 64.9 cm³/mol. The van der Waals surface area contributed by atoms with Crippen LogP contribution in [0.15, 0.2) is 6.20 Å². The third-order valence-electron chi connectivity index (χ3n) is 2.50. The molecule has 1 heterocycles. The third-order valence-corrected chi connectivity index (χ3v) is 4.69. The maximum atomic E-state index is 11.6. The van der Waals surface area contributed by atoms with Crippen LogP contribution in [-0.4, -0.2) is 45.5 Å². The predicted octanol–water partition coefficient (Wildman–Crippen LogP) is 0.119. The largest absolute Gasteiger partial charge is 0.481 e. The van der Waals surface area contributed by atoms with E-state index in [2.05, 4.69) is 10.3 Å². The maximum absolute atomic E-state index is 11.6. The van der Waals surface area contributed by atoms with Gasteiger partial charge in [0.1, 0.15) is 0 Å². The number of carboxylic acids is 1. The second kappa shape index (κ2) is 5.94. The third kappa shape index (κ3) is 4.44. The molecule has 0 aliphatic rings. The van der Waals surface area contributed by atoms with Crippen molar-refractivity contribution < 1.29 is 18.3 Å². The molecule has 1 aromatic heterocycles. The summed E-state index contributed by atoms with van der Waals surface area (Å²) in [5.74, 6) is -0.890. The zero-order valence-corrected chi connectivity index (χ0v) is 11.2. The number of hydrogen-bond acceptors (Lipinski definition) is 5. The highest BCUT2D eigenvalue weighted by atomic mass is 32.2. The molecule has 0 amide bonds. The van der Waals surface area contributed by atoms with E-state index in [1.54, 1.807) is 20.0 Å². The summed E-state index contributed by atoms with van der Waals surface area (Å²) in [6.45, 7) is 3.50. The van der Waals surface area contributed by atoms with Crippen LogP contribution in [0.4, 0.5) is 0 Å². The smallest absolute Gasteiger partial charge is 0.303 e. The Morgan fingerprint density at radius 2 is 2.17 bits per heavy atom. The van der Waals surface area contributed by atoms with Crippen LogP contribution in [0.3, 0.4) is 0 Å². The summed E-state index contributed by atoms with van der Waals surface area (Å²) in [7, 11) is -3.10. The first kappa shape index (κ1) is 14.6. The van der Waals surface area contributed by atoms with Crippen LogP contribution in [0.1, 0.15) is 26.0 Å². The van der Waals surface area contributed by atoms with Gasteiger partial charge in [-0.1, -0.05) is 5.21 Å². The standard InChI is InChI=1S/C10H17N3O4S/c1-8(2)18(16,17)6-5-13-7-9(11-12-13)3-4-10(14)15/h7-8H,3-6H2,1-2H3,(H,14,15). The Kier molecular flexibility index (Phi) is 4.83. The zero-order valence-electron chi connectivity index (χ0n) is 10.4. The summed E-state index contributed by atoms with van der Waals surface area (Å²) < 4.78 is 24.6. The van der Waals surface area contributed by atoms with Gasteiger partial charge in [-0.3, -0.25) is 9.48 Å². The molecule has 0 spiro atoms. The van der Waals surface area contributed by atoms with Crippen molar-refractivity contribution in [1.29, 1.82) is 0 Å². The van der Waals surface area contributed by atoms with E-state index >= 15 is 0 Å². The molecule has 0 aromatic carbocycles. The molecule has 1 N–H and O–H groups in total. The molecule has 18 heavy (non-hydrogen) atoms. The Bertz CT molecular complexity index is 507. The summed E-state index contributed by atoms with van der Waals surface area (Å²) in [6, 6.07) is 0. The first-order valence-electron chi connectivity index (χ1n) is 5.63. The highest BCUT2D eigenvalue weighted by Gasteiger charge is 2.16. The fourth-order valence-electron chi connectivity index (χ4n) is 1.25. The lowest BCUT2D eigenvalue weighted by Gasteiger charge is -2.06. The summed E-state index contributed by atoms with van der Waals surface area (Å²) in [5.41, 5.74) is 0.555. The molecule has 7 nitrogen and oxygen atoms in total. The van der Waals surface area contributed by atoms with Crippen LogP contribution in [-0.2, 0) is 27.6 Å². The molecule has 8 heteroatoms. The molecule has 1 aromatic rings. The Hall–Kier alpha value is -1.44. The summed E-state index contributed by atoms with van der Waals surface area (Å²) in [6.07, 6.45) is 1.87. The van der Waals surface area contributed by atoms with E-state index in [4.69, 9.17) is 5.11 Å². The van der Waals surface area contributed by atoms with E-state index < -0.39 is 21.1 Å². The maximum Gasteiger partial charge on any atom is 0.303 e. The van der Waals surface area contributed by atoms with Gasteiger partial charge in [0, 0.05) is 12.6 Å². The van der Waals surface area contributed by atoms with E-state index in [1.807, 2.05) is 0 Å². The molecule has 0 aliphatic carbocycles. The van der Waals surface area contributed by atoms with Gasteiger partial charge in [-0.15, -0.1) is 5.10 Å². The van der Waals surface area contributed by atoms with Gasteiger partial charge in [-0.05, 0) is 13.8 Å². The second-order valence-corrected chi connectivity index (χ2v) is 6.96. The normalized spacial score (nSPS) is 11.9. The minimum absolute atomic E-state index is 0.00635. The minimum Gasteiger partial charge on any atom is -0.481 e. The van der Waals surface area contributed by atoms with E-state index in [0.717, 1.165) is 0 Å². The molecule has 0 saturated heterocycles. The highest BCUT2D eigenvalue weighted by molar-refractivity contribution is 7.91. The SMILES string of the molecule is CC(C)S(=O)(=O)CCn1cc(CCC(=O)O)nn1. The van der Waals surface area contributed by atoms with E-state index in [1.165, 1.54) is 4.68 Å². The van der Waals surface area contributed by atoms with Gasteiger partial charge in [0.05, 0.1) is 29.7 Å². The van der Waals surface area contributed by atoms with Crippen molar-refractivity contribution in [1.82, 2.24) is 15.0 Å². The van der Waals surface area contributed by atoms with Crippen LogP contribution >= 0.6 is 0 Å². The van der Waals surface area contributed by atoms with Crippen LogP contribution < -0.4 is 0 Å². The molecule has 0 atom stereocenters. The summed E-state index contributed by atoms with van der Waals surface area (Å²) in [4.78, 5) is 10.4. The quantitative estimate of drug-likeness (QED) is 0.758. The van der Waals surface area contributed by atoms with E-state index in [0.29, 0.717) is 12.1 Å². The number of aryl methyl sites for hydroxylation is 2. The number of carboxylic acid groups (broad SMARTS) is 1. The monoisotopic (exact) mass is 275 g/mol. The Morgan fingerprint density at radius 1 is 1.50 bits per heavy atom. The van der Waals surface area contributed by atoms with Crippen molar-refractivity contribution in [2.45, 2.75) is 38.5 Å². The van der Waals surface area contributed by atoms with Crippen LogP contribution in [0, 0.1) is 0 Å². The molecule has 0 bridgehead atoms. The van der Waals surface area contributed by atoms with Gasteiger partial charge < -0.3 is 5.11 Å². The number of carbonyl (C=O) groups is 1. The lowest BCUT2D eigenvalue weighted by atomic mass is 10.2. The fraction of sp³-hybridized carbons (Fsp3) is 0.700. The van der Waals surface area contributed by atoms with Crippen molar-refractivity contribution >= 4 is 15.8 Å². The number of aromatic nitrogens is 3. The highest BCUT2D eigenvalue weighted by Crippen LogP contribution is 2.03. The summed E-state index contributed by atoms with van der Waals surface area (Å²) in [5, 5.41) is 15.7. The molecule has 0 fully saturated rings. The van der Waals surface area contributed by atoms with Gasteiger partial charge in [0.25, 0.3) is 0 Å². The minimum atomic E-state index is -3.10. The van der Waals surface area contributed by atoms with Crippen LogP contribution in [0.2, 0.25) is 0 Å². The molecule has 1 rings (SSSR count). The molecule has 0 unspecified atom stereocenters. The Labute approximate surface area is 106 Å². The Morgan fingerprint density at radius 3 is 2.72 bits per heavy atom. The molecule has 0 saturated carbocycles. The van der Waals surface area contributed by atoms with Gasteiger partial charge in [0.2, 0.25) is 0 Å². The lowest BCUT2D eigenvalue weighted by Crippen LogP contribution is -2.21. The number of sulfone groups is 1. The Balaban J connectivity index is 2.52. The van der Waals surface area contributed by atoms with E-state index in [9.17, 15) is 13.2 Å².